The third-order valence-corrected chi connectivity index (χ3v) is 5.32. The summed E-state index contributed by atoms with van der Waals surface area (Å²) in [5.41, 5.74) is 1.13. The number of aromatic nitrogens is 1. The molecule has 5 heteroatoms. The third-order valence-electron chi connectivity index (χ3n) is 5.32. The first-order valence-corrected chi connectivity index (χ1v) is 9.19. The van der Waals surface area contributed by atoms with Gasteiger partial charge in [0, 0.05) is 43.9 Å². The number of carbonyl (C=O) groups is 2. The second-order valence-corrected chi connectivity index (χ2v) is 6.98. The van der Waals surface area contributed by atoms with E-state index >= 15 is 0 Å². The van der Waals surface area contributed by atoms with Crippen molar-refractivity contribution in [1.29, 1.82) is 0 Å². The van der Waals surface area contributed by atoms with Crippen LogP contribution in [0.25, 0.3) is 0 Å². The van der Waals surface area contributed by atoms with E-state index in [9.17, 15) is 9.59 Å². The molecule has 2 fully saturated rings. The standard InChI is InChI=1S/C19H27N3O2/c23-18(21-11-7-15-4-3-10-20-14-15)16-8-12-22(13-9-16)19(24)17-5-1-2-6-17/h3-4,10,14,16-17H,1-2,5-9,11-13H2,(H,21,23). The van der Waals surface area contributed by atoms with Crippen LogP contribution in [0.15, 0.2) is 24.5 Å². The number of nitrogens with one attached hydrogen (secondary N) is 1. The maximum atomic E-state index is 12.4. The van der Waals surface area contributed by atoms with Crippen molar-refractivity contribution in [3.05, 3.63) is 30.1 Å². The Morgan fingerprint density at radius 3 is 2.54 bits per heavy atom. The maximum Gasteiger partial charge on any atom is 0.225 e. The highest BCUT2D eigenvalue weighted by Gasteiger charge is 2.31. The molecule has 0 radical (unpaired) electrons. The van der Waals surface area contributed by atoms with Gasteiger partial charge in [-0.1, -0.05) is 18.9 Å². The first-order valence-electron chi connectivity index (χ1n) is 9.19. The van der Waals surface area contributed by atoms with Crippen molar-refractivity contribution >= 4 is 11.8 Å². The molecule has 0 unspecified atom stereocenters. The Morgan fingerprint density at radius 1 is 1.12 bits per heavy atom. The van der Waals surface area contributed by atoms with E-state index < -0.39 is 0 Å². The molecule has 24 heavy (non-hydrogen) atoms. The lowest BCUT2D eigenvalue weighted by molar-refractivity contribution is -0.139. The molecule has 1 aliphatic heterocycles. The molecule has 1 aliphatic carbocycles. The Kier molecular flexibility index (Phi) is 5.83. The smallest absolute Gasteiger partial charge is 0.225 e. The number of likely N-dealkylation sites (tertiary alicyclic amines) is 1. The fraction of sp³-hybridized carbons (Fsp3) is 0.632. The molecule has 1 saturated carbocycles. The predicted molar refractivity (Wildman–Crippen MR) is 92.2 cm³/mol. The minimum Gasteiger partial charge on any atom is -0.356 e. The summed E-state index contributed by atoms with van der Waals surface area (Å²) < 4.78 is 0. The second-order valence-electron chi connectivity index (χ2n) is 6.98. The van der Waals surface area contributed by atoms with Crippen molar-refractivity contribution in [1.82, 2.24) is 15.2 Å². The Morgan fingerprint density at radius 2 is 1.88 bits per heavy atom. The average molecular weight is 329 g/mol. The van der Waals surface area contributed by atoms with Gasteiger partial charge in [0.1, 0.15) is 0 Å². The molecular formula is C19H27N3O2. The summed E-state index contributed by atoms with van der Waals surface area (Å²) in [6.07, 6.45) is 10.4. The molecule has 130 valence electrons. The van der Waals surface area contributed by atoms with Crippen LogP contribution in [0, 0.1) is 11.8 Å². The van der Waals surface area contributed by atoms with Gasteiger partial charge in [-0.25, -0.2) is 0 Å². The van der Waals surface area contributed by atoms with Gasteiger partial charge in [0.05, 0.1) is 0 Å². The number of piperidine rings is 1. The number of pyridine rings is 1. The molecule has 1 N–H and O–H groups in total. The first-order chi connectivity index (χ1) is 11.7. The van der Waals surface area contributed by atoms with E-state index in [2.05, 4.69) is 10.3 Å². The summed E-state index contributed by atoms with van der Waals surface area (Å²) in [5, 5.41) is 3.03. The van der Waals surface area contributed by atoms with E-state index in [1.807, 2.05) is 23.2 Å². The van der Waals surface area contributed by atoms with Crippen molar-refractivity contribution in [3.63, 3.8) is 0 Å². The monoisotopic (exact) mass is 329 g/mol. The van der Waals surface area contributed by atoms with Gasteiger partial charge in [-0.15, -0.1) is 0 Å². The quantitative estimate of drug-likeness (QED) is 0.900. The van der Waals surface area contributed by atoms with Gasteiger partial charge in [-0.2, -0.15) is 0 Å². The van der Waals surface area contributed by atoms with Gasteiger partial charge < -0.3 is 10.2 Å². The zero-order chi connectivity index (χ0) is 16.8. The highest BCUT2D eigenvalue weighted by molar-refractivity contribution is 5.81. The number of hydrogen-bond acceptors (Lipinski definition) is 3. The molecule has 2 aliphatic rings. The molecular weight excluding hydrogens is 302 g/mol. The predicted octanol–water partition coefficient (Wildman–Crippen LogP) is 2.17. The highest BCUT2D eigenvalue weighted by Crippen LogP contribution is 2.28. The van der Waals surface area contributed by atoms with E-state index in [4.69, 9.17) is 0 Å². The minimum atomic E-state index is 0.0477. The zero-order valence-corrected chi connectivity index (χ0v) is 14.2. The van der Waals surface area contributed by atoms with Crippen molar-refractivity contribution < 1.29 is 9.59 Å². The summed E-state index contributed by atoms with van der Waals surface area (Å²) >= 11 is 0. The SMILES string of the molecule is O=C(NCCc1cccnc1)C1CCN(C(=O)C2CCCC2)CC1. The zero-order valence-electron chi connectivity index (χ0n) is 14.2. The number of nitrogens with zero attached hydrogens (tertiary/aromatic N) is 2. The lowest BCUT2D eigenvalue weighted by Crippen LogP contribution is -2.45. The fourth-order valence-electron chi connectivity index (χ4n) is 3.81. The average Bonchev–Trinajstić information content (AvgIpc) is 3.17. The summed E-state index contributed by atoms with van der Waals surface area (Å²) in [6.45, 7) is 2.11. The second kappa shape index (κ2) is 8.27. The Bertz CT molecular complexity index is 547. The van der Waals surface area contributed by atoms with E-state index in [0.29, 0.717) is 12.5 Å². The Hall–Kier alpha value is -1.91. The van der Waals surface area contributed by atoms with Crippen LogP contribution in [0.1, 0.15) is 44.1 Å². The van der Waals surface area contributed by atoms with Crippen LogP contribution in [-0.4, -0.2) is 41.3 Å². The molecule has 5 nitrogen and oxygen atoms in total. The minimum absolute atomic E-state index is 0.0477. The summed E-state index contributed by atoms with van der Waals surface area (Å²) in [4.78, 5) is 30.8. The van der Waals surface area contributed by atoms with Crippen molar-refractivity contribution in [3.8, 4) is 0 Å². The van der Waals surface area contributed by atoms with E-state index in [0.717, 1.165) is 50.8 Å². The third kappa shape index (κ3) is 4.34. The molecule has 1 aromatic heterocycles. The van der Waals surface area contributed by atoms with Crippen LogP contribution in [0.4, 0.5) is 0 Å². The van der Waals surface area contributed by atoms with Crippen molar-refractivity contribution in [2.24, 2.45) is 11.8 Å². The Labute approximate surface area is 143 Å². The molecule has 1 aromatic rings. The van der Waals surface area contributed by atoms with Crippen LogP contribution in [0.2, 0.25) is 0 Å². The molecule has 0 aromatic carbocycles. The number of carbonyl (C=O) groups excluding carboxylic acids is 2. The molecule has 0 spiro atoms. The van der Waals surface area contributed by atoms with E-state index in [-0.39, 0.29) is 17.7 Å². The summed E-state index contributed by atoms with van der Waals surface area (Å²) in [7, 11) is 0. The van der Waals surface area contributed by atoms with Gasteiger partial charge in [0.15, 0.2) is 0 Å². The molecule has 0 atom stereocenters. The normalized spacial score (nSPS) is 19.4. The van der Waals surface area contributed by atoms with E-state index in [1.54, 1.807) is 6.20 Å². The first kappa shape index (κ1) is 16.9. The van der Waals surface area contributed by atoms with Gasteiger partial charge in [-0.3, -0.25) is 14.6 Å². The molecule has 0 bridgehead atoms. The van der Waals surface area contributed by atoms with Gasteiger partial charge in [-0.05, 0) is 43.7 Å². The largest absolute Gasteiger partial charge is 0.356 e. The Balaban J connectivity index is 1.38. The molecule has 2 heterocycles. The topological polar surface area (TPSA) is 62.3 Å². The molecule has 2 amide bonds. The summed E-state index contributed by atoms with van der Waals surface area (Å²) in [5.74, 6) is 0.746. The van der Waals surface area contributed by atoms with Gasteiger partial charge in [0.2, 0.25) is 11.8 Å². The highest BCUT2D eigenvalue weighted by atomic mass is 16.2. The van der Waals surface area contributed by atoms with Crippen LogP contribution in [0.5, 0.6) is 0 Å². The van der Waals surface area contributed by atoms with Crippen LogP contribution in [-0.2, 0) is 16.0 Å². The van der Waals surface area contributed by atoms with Crippen molar-refractivity contribution in [2.45, 2.75) is 44.9 Å². The van der Waals surface area contributed by atoms with Gasteiger partial charge >= 0.3 is 0 Å². The van der Waals surface area contributed by atoms with E-state index in [1.165, 1.54) is 12.8 Å². The van der Waals surface area contributed by atoms with Crippen LogP contribution >= 0.6 is 0 Å². The maximum absolute atomic E-state index is 12.4. The summed E-state index contributed by atoms with van der Waals surface area (Å²) in [6, 6.07) is 3.93. The van der Waals surface area contributed by atoms with Crippen molar-refractivity contribution in [2.75, 3.05) is 19.6 Å². The van der Waals surface area contributed by atoms with Crippen LogP contribution < -0.4 is 5.32 Å². The number of rotatable bonds is 5. The van der Waals surface area contributed by atoms with Crippen LogP contribution in [0.3, 0.4) is 0 Å². The van der Waals surface area contributed by atoms with Gasteiger partial charge in [0.25, 0.3) is 0 Å². The fourth-order valence-corrected chi connectivity index (χ4v) is 3.81. The molecule has 3 rings (SSSR count). The number of hydrogen-bond donors (Lipinski definition) is 1. The lowest BCUT2D eigenvalue weighted by Gasteiger charge is -2.33. The molecule has 1 saturated heterocycles. The lowest BCUT2D eigenvalue weighted by atomic mass is 9.94. The number of amides is 2.